The van der Waals surface area contributed by atoms with Gasteiger partial charge in [-0.1, -0.05) is 6.07 Å². The molecule has 1 unspecified atom stereocenters. The van der Waals surface area contributed by atoms with Crippen LogP contribution in [-0.4, -0.2) is 32.6 Å². The van der Waals surface area contributed by atoms with Crippen molar-refractivity contribution in [3.05, 3.63) is 51.8 Å². The highest BCUT2D eigenvalue weighted by atomic mass is 19.1. The molecule has 1 atom stereocenters. The number of nitrogens with zero attached hydrogens (tertiary/aromatic N) is 4. The molecular weight excluding hydrogens is 353 g/mol. The molecule has 0 bridgehead atoms. The fraction of sp³-hybridized carbons (Fsp3) is 0.333. The zero-order valence-electron chi connectivity index (χ0n) is 15.5. The number of fused-ring (bicyclic) bond motifs is 1. The maximum absolute atomic E-state index is 14.1. The highest BCUT2D eigenvalue weighted by molar-refractivity contribution is 5.80. The van der Waals surface area contributed by atoms with Crippen molar-refractivity contribution in [1.82, 2.24) is 24.9 Å². The number of methoxy groups -OCH3 is 1. The quantitative estimate of drug-likeness (QED) is 0.731. The second-order valence-corrected chi connectivity index (χ2v) is 6.25. The van der Waals surface area contributed by atoms with Crippen LogP contribution in [0.15, 0.2) is 29.2 Å². The molecule has 9 heteroatoms. The van der Waals surface area contributed by atoms with Crippen LogP contribution in [-0.2, 0) is 18.4 Å². The number of ether oxygens (including phenoxy) is 1. The van der Waals surface area contributed by atoms with Crippen molar-refractivity contribution in [3.8, 4) is 5.75 Å². The third-order valence-electron chi connectivity index (χ3n) is 4.38. The molecule has 0 radical (unpaired) electrons. The number of aryl methyl sites for hydroxylation is 2. The Balaban J connectivity index is 1.78. The molecule has 0 aliphatic rings. The molecule has 0 spiro atoms. The Labute approximate surface area is 154 Å². The SMILES string of the molecule is COc1ccc(C(C)NC(=O)Cn2ncc3c(c(C)nn3C)c2=O)c(F)c1. The van der Waals surface area contributed by atoms with Gasteiger partial charge in [0.05, 0.1) is 35.9 Å². The Hall–Kier alpha value is -3.23. The van der Waals surface area contributed by atoms with Crippen molar-refractivity contribution in [3.63, 3.8) is 0 Å². The van der Waals surface area contributed by atoms with Gasteiger partial charge >= 0.3 is 0 Å². The van der Waals surface area contributed by atoms with E-state index >= 15 is 0 Å². The third kappa shape index (κ3) is 3.53. The Kier molecular flexibility index (Phi) is 4.93. The van der Waals surface area contributed by atoms with E-state index in [0.29, 0.717) is 27.9 Å². The number of rotatable bonds is 5. The average Bonchev–Trinajstić information content (AvgIpc) is 2.91. The normalized spacial score (nSPS) is 12.2. The van der Waals surface area contributed by atoms with Gasteiger partial charge in [0.15, 0.2) is 0 Å². The predicted molar refractivity (Wildman–Crippen MR) is 97.0 cm³/mol. The van der Waals surface area contributed by atoms with Crippen molar-refractivity contribution in [2.45, 2.75) is 26.4 Å². The molecule has 0 saturated heterocycles. The number of hydrogen-bond acceptors (Lipinski definition) is 5. The van der Waals surface area contributed by atoms with Crippen LogP contribution >= 0.6 is 0 Å². The molecule has 0 fully saturated rings. The second-order valence-electron chi connectivity index (χ2n) is 6.25. The fourth-order valence-corrected chi connectivity index (χ4v) is 2.99. The van der Waals surface area contributed by atoms with Crippen molar-refractivity contribution >= 4 is 16.8 Å². The van der Waals surface area contributed by atoms with Gasteiger partial charge in [-0.05, 0) is 19.9 Å². The summed E-state index contributed by atoms with van der Waals surface area (Å²) in [6, 6.07) is 3.84. The largest absolute Gasteiger partial charge is 0.497 e. The number of aromatic nitrogens is 4. The first kappa shape index (κ1) is 18.6. The molecule has 3 aromatic rings. The van der Waals surface area contributed by atoms with Gasteiger partial charge in [0, 0.05) is 18.7 Å². The van der Waals surface area contributed by atoms with Crippen LogP contribution < -0.4 is 15.6 Å². The fourth-order valence-electron chi connectivity index (χ4n) is 2.99. The summed E-state index contributed by atoms with van der Waals surface area (Å²) in [5.41, 5.74) is 1.10. The average molecular weight is 373 g/mol. The van der Waals surface area contributed by atoms with Crippen LogP contribution in [0.25, 0.3) is 10.9 Å². The maximum Gasteiger partial charge on any atom is 0.278 e. The predicted octanol–water partition coefficient (Wildman–Crippen LogP) is 1.46. The lowest BCUT2D eigenvalue weighted by molar-refractivity contribution is -0.122. The molecular formula is C18H20FN5O3. The zero-order chi connectivity index (χ0) is 19.7. The molecule has 0 aliphatic carbocycles. The standard InChI is InChI=1S/C18H20FN5O3/c1-10(13-6-5-12(27-4)7-14(13)19)21-16(25)9-24-18(26)17-11(2)22-23(3)15(17)8-20-24/h5-8,10H,9H2,1-4H3,(H,21,25). The molecule has 1 amide bonds. The first-order chi connectivity index (χ1) is 12.8. The molecule has 0 saturated carbocycles. The maximum atomic E-state index is 14.1. The summed E-state index contributed by atoms with van der Waals surface area (Å²) in [5.74, 6) is -0.538. The summed E-state index contributed by atoms with van der Waals surface area (Å²) in [6.45, 7) is 3.11. The minimum Gasteiger partial charge on any atom is -0.497 e. The van der Waals surface area contributed by atoms with Crippen LogP contribution in [0, 0.1) is 12.7 Å². The Bertz CT molecular complexity index is 1070. The number of nitrogens with one attached hydrogen (secondary N) is 1. The number of halogens is 1. The van der Waals surface area contributed by atoms with Crippen LogP contribution in [0.2, 0.25) is 0 Å². The van der Waals surface area contributed by atoms with Gasteiger partial charge in [-0.3, -0.25) is 14.3 Å². The van der Waals surface area contributed by atoms with Gasteiger partial charge in [0.25, 0.3) is 5.56 Å². The van der Waals surface area contributed by atoms with Gasteiger partial charge in [0.2, 0.25) is 5.91 Å². The highest BCUT2D eigenvalue weighted by Gasteiger charge is 2.17. The van der Waals surface area contributed by atoms with Crippen molar-refractivity contribution in [1.29, 1.82) is 0 Å². The summed E-state index contributed by atoms with van der Waals surface area (Å²) in [6.07, 6.45) is 1.50. The van der Waals surface area contributed by atoms with E-state index < -0.39 is 23.3 Å². The Morgan fingerprint density at radius 2 is 2.15 bits per heavy atom. The highest BCUT2D eigenvalue weighted by Crippen LogP contribution is 2.21. The van der Waals surface area contributed by atoms with Crippen molar-refractivity contribution < 1.29 is 13.9 Å². The number of carbonyl (C=O) groups excluding carboxylic acids is 1. The summed E-state index contributed by atoms with van der Waals surface area (Å²) < 4.78 is 21.8. The molecule has 2 aromatic heterocycles. The van der Waals surface area contributed by atoms with Gasteiger partial charge in [-0.2, -0.15) is 10.2 Å². The van der Waals surface area contributed by atoms with Gasteiger partial charge in [0.1, 0.15) is 18.1 Å². The van der Waals surface area contributed by atoms with Crippen LogP contribution in [0.5, 0.6) is 5.75 Å². The number of amides is 1. The second kappa shape index (κ2) is 7.18. The number of hydrogen-bond donors (Lipinski definition) is 1. The zero-order valence-corrected chi connectivity index (χ0v) is 15.5. The lowest BCUT2D eigenvalue weighted by atomic mass is 10.1. The molecule has 142 valence electrons. The minimum absolute atomic E-state index is 0.273. The van der Waals surface area contributed by atoms with Crippen LogP contribution in [0.4, 0.5) is 4.39 Å². The Morgan fingerprint density at radius 1 is 1.41 bits per heavy atom. The molecule has 1 N–H and O–H groups in total. The minimum atomic E-state index is -0.581. The lowest BCUT2D eigenvalue weighted by Crippen LogP contribution is -2.35. The first-order valence-corrected chi connectivity index (χ1v) is 8.34. The summed E-state index contributed by atoms with van der Waals surface area (Å²) in [4.78, 5) is 24.9. The smallest absolute Gasteiger partial charge is 0.278 e. The van der Waals surface area contributed by atoms with Crippen LogP contribution in [0.3, 0.4) is 0 Å². The van der Waals surface area contributed by atoms with E-state index in [0.717, 1.165) is 4.68 Å². The van der Waals surface area contributed by atoms with Gasteiger partial charge in [-0.15, -0.1) is 0 Å². The lowest BCUT2D eigenvalue weighted by Gasteiger charge is -2.16. The number of carbonyl (C=O) groups is 1. The first-order valence-electron chi connectivity index (χ1n) is 8.34. The van der Waals surface area contributed by atoms with Crippen LogP contribution in [0.1, 0.15) is 24.2 Å². The Morgan fingerprint density at radius 3 is 2.81 bits per heavy atom. The van der Waals surface area contributed by atoms with E-state index in [-0.39, 0.29) is 6.54 Å². The monoisotopic (exact) mass is 373 g/mol. The summed E-state index contributed by atoms with van der Waals surface area (Å²) >= 11 is 0. The molecule has 27 heavy (non-hydrogen) atoms. The molecule has 3 rings (SSSR count). The van der Waals surface area contributed by atoms with E-state index in [1.54, 1.807) is 37.7 Å². The van der Waals surface area contributed by atoms with E-state index in [9.17, 15) is 14.0 Å². The summed E-state index contributed by atoms with van der Waals surface area (Å²) in [7, 11) is 3.17. The van der Waals surface area contributed by atoms with Gasteiger partial charge < -0.3 is 10.1 Å². The van der Waals surface area contributed by atoms with E-state index in [4.69, 9.17) is 4.74 Å². The number of benzene rings is 1. The molecule has 1 aromatic carbocycles. The molecule has 8 nitrogen and oxygen atoms in total. The molecule has 2 heterocycles. The summed E-state index contributed by atoms with van der Waals surface area (Å²) in [5, 5.41) is 11.3. The van der Waals surface area contributed by atoms with E-state index in [2.05, 4.69) is 15.5 Å². The van der Waals surface area contributed by atoms with Gasteiger partial charge in [-0.25, -0.2) is 9.07 Å². The van der Waals surface area contributed by atoms with Crippen molar-refractivity contribution in [2.24, 2.45) is 7.05 Å². The molecule has 0 aliphatic heterocycles. The topological polar surface area (TPSA) is 91.0 Å². The van der Waals surface area contributed by atoms with Crippen molar-refractivity contribution in [2.75, 3.05) is 7.11 Å². The van der Waals surface area contributed by atoms with E-state index in [1.807, 2.05) is 0 Å². The third-order valence-corrected chi connectivity index (χ3v) is 4.38. The van der Waals surface area contributed by atoms with E-state index in [1.165, 1.54) is 19.4 Å².